The summed E-state index contributed by atoms with van der Waals surface area (Å²) in [6.07, 6.45) is 0. The van der Waals surface area contributed by atoms with Crippen LogP contribution in [0.5, 0.6) is 0 Å². The van der Waals surface area contributed by atoms with E-state index in [1.807, 2.05) is 50.1 Å². The molecule has 6 nitrogen and oxygen atoms in total. The number of halogens is 2. The lowest BCUT2D eigenvalue weighted by Crippen LogP contribution is -2.30. The van der Waals surface area contributed by atoms with Crippen LogP contribution in [-0.2, 0) is 7.05 Å². The van der Waals surface area contributed by atoms with Crippen molar-refractivity contribution < 1.29 is 4.79 Å². The Morgan fingerprint density at radius 1 is 1.17 bits per heavy atom. The van der Waals surface area contributed by atoms with E-state index in [1.165, 1.54) is 5.56 Å². The summed E-state index contributed by atoms with van der Waals surface area (Å²) in [6, 6.07) is 12.2. The molecule has 1 fully saturated rings. The first-order valence-electron chi connectivity index (χ1n) is 9.34. The van der Waals surface area contributed by atoms with Crippen molar-refractivity contribution in [3.05, 3.63) is 58.9 Å². The zero-order valence-corrected chi connectivity index (χ0v) is 18.5. The lowest BCUT2D eigenvalue weighted by molar-refractivity contribution is 0.0788. The Bertz CT molecular complexity index is 1010. The number of aromatic nitrogens is 3. The van der Waals surface area contributed by atoms with Crippen LogP contribution in [0.1, 0.15) is 33.2 Å². The topological polar surface area (TPSA) is 77.0 Å². The minimum Gasteiger partial charge on any atom is -0.338 e. The first-order valence-corrected chi connectivity index (χ1v) is 9.34. The molecule has 1 saturated heterocycles. The number of nitrogens with two attached hydrogens (primary N) is 1. The maximum atomic E-state index is 13.4. The van der Waals surface area contributed by atoms with Gasteiger partial charge in [0.1, 0.15) is 0 Å². The first kappa shape index (κ1) is 23.1. The molecular weight excluding hydrogens is 409 g/mol. The van der Waals surface area contributed by atoms with Crippen LogP contribution in [0, 0.1) is 19.8 Å². The molecule has 2 atom stereocenters. The predicted molar refractivity (Wildman–Crippen MR) is 120 cm³/mol. The summed E-state index contributed by atoms with van der Waals surface area (Å²) in [4.78, 5) is 19.9. The third-order valence-electron chi connectivity index (χ3n) is 5.59. The smallest absolute Gasteiger partial charge is 0.254 e. The van der Waals surface area contributed by atoms with Crippen LogP contribution in [0.4, 0.5) is 0 Å². The van der Waals surface area contributed by atoms with Crippen LogP contribution in [0.3, 0.4) is 0 Å². The minimum absolute atomic E-state index is 0. The second-order valence-corrected chi connectivity index (χ2v) is 7.44. The first-order chi connectivity index (χ1) is 13.0. The lowest BCUT2D eigenvalue weighted by Gasteiger charge is -2.18. The van der Waals surface area contributed by atoms with Gasteiger partial charge in [0.15, 0.2) is 5.65 Å². The van der Waals surface area contributed by atoms with Crippen LogP contribution >= 0.6 is 24.8 Å². The number of amides is 1. The fraction of sp³-hybridized carbons (Fsp3) is 0.381. The third kappa shape index (κ3) is 4.10. The van der Waals surface area contributed by atoms with E-state index in [9.17, 15) is 4.79 Å². The number of fused-ring (bicyclic) bond motifs is 1. The molecule has 2 N–H and O–H groups in total. The zero-order valence-electron chi connectivity index (χ0n) is 16.8. The molecule has 3 aromatic rings. The van der Waals surface area contributed by atoms with Crippen LogP contribution < -0.4 is 5.73 Å². The highest BCUT2D eigenvalue weighted by Crippen LogP contribution is 2.34. The fourth-order valence-electron chi connectivity index (χ4n) is 4.26. The van der Waals surface area contributed by atoms with E-state index in [2.05, 4.69) is 22.2 Å². The Balaban J connectivity index is 0.00000150. The second-order valence-electron chi connectivity index (χ2n) is 7.44. The van der Waals surface area contributed by atoms with Gasteiger partial charge in [0.05, 0.1) is 16.6 Å². The number of carbonyl (C=O) groups is 1. The van der Waals surface area contributed by atoms with E-state index in [0.29, 0.717) is 25.2 Å². The molecule has 2 aromatic heterocycles. The van der Waals surface area contributed by atoms with Crippen molar-refractivity contribution in [2.45, 2.75) is 19.8 Å². The molecular formula is C21H27Cl2N5O. The van der Waals surface area contributed by atoms with Crippen molar-refractivity contribution >= 4 is 41.8 Å². The average Bonchev–Trinajstić information content (AvgIpc) is 3.22. The van der Waals surface area contributed by atoms with Crippen molar-refractivity contribution in [1.29, 1.82) is 0 Å². The molecule has 0 bridgehead atoms. The van der Waals surface area contributed by atoms with Gasteiger partial charge in [-0.2, -0.15) is 5.10 Å². The molecule has 0 saturated carbocycles. The summed E-state index contributed by atoms with van der Waals surface area (Å²) in [5, 5.41) is 5.31. The summed E-state index contributed by atoms with van der Waals surface area (Å²) < 4.78 is 1.74. The van der Waals surface area contributed by atoms with Crippen molar-refractivity contribution in [2.75, 3.05) is 19.6 Å². The molecule has 29 heavy (non-hydrogen) atoms. The van der Waals surface area contributed by atoms with Crippen molar-refractivity contribution in [1.82, 2.24) is 19.7 Å². The number of rotatable bonds is 3. The fourth-order valence-corrected chi connectivity index (χ4v) is 4.26. The quantitative estimate of drug-likeness (QED) is 0.684. The SMILES string of the molecule is Cc1cc(C(=O)N2C[C@@H](CN)[C@H](c3ccccc3)C2)c2c(C)nn(C)c2n1.Cl.Cl. The van der Waals surface area contributed by atoms with E-state index >= 15 is 0 Å². The normalized spacial score (nSPS) is 18.4. The molecule has 0 spiro atoms. The summed E-state index contributed by atoms with van der Waals surface area (Å²) in [5.41, 5.74) is 10.4. The Hall–Kier alpha value is -2.15. The molecule has 1 aliphatic heterocycles. The van der Waals surface area contributed by atoms with Crippen LogP contribution in [0.2, 0.25) is 0 Å². The second kappa shape index (κ2) is 9.11. The molecule has 0 aliphatic carbocycles. The Labute approximate surface area is 183 Å². The van der Waals surface area contributed by atoms with Crippen LogP contribution in [-0.4, -0.2) is 45.2 Å². The highest BCUT2D eigenvalue weighted by molar-refractivity contribution is 6.06. The number of hydrogen-bond donors (Lipinski definition) is 1. The maximum Gasteiger partial charge on any atom is 0.254 e. The van der Waals surface area contributed by atoms with E-state index in [0.717, 1.165) is 22.4 Å². The van der Waals surface area contributed by atoms with Crippen molar-refractivity contribution in [3.8, 4) is 0 Å². The van der Waals surface area contributed by atoms with Crippen molar-refractivity contribution in [2.24, 2.45) is 18.7 Å². The van der Waals surface area contributed by atoms with Gasteiger partial charge < -0.3 is 10.6 Å². The number of pyridine rings is 1. The summed E-state index contributed by atoms with van der Waals surface area (Å²) in [7, 11) is 1.86. The van der Waals surface area contributed by atoms with Gasteiger partial charge in [-0.3, -0.25) is 9.48 Å². The number of likely N-dealkylation sites (tertiary alicyclic amines) is 1. The molecule has 0 radical (unpaired) electrons. The Kier molecular flexibility index (Phi) is 7.27. The molecule has 8 heteroatoms. The summed E-state index contributed by atoms with van der Waals surface area (Å²) in [6.45, 7) is 5.78. The number of nitrogens with zero attached hydrogens (tertiary/aromatic N) is 4. The summed E-state index contributed by atoms with van der Waals surface area (Å²) >= 11 is 0. The largest absolute Gasteiger partial charge is 0.338 e. The third-order valence-corrected chi connectivity index (χ3v) is 5.59. The molecule has 1 aromatic carbocycles. The van der Waals surface area contributed by atoms with E-state index < -0.39 is 0 Å². The van der Waals surface area contributed by atoms with Gasteiger partial charge in [-0.1, -0.05) is 30.3 Å². The van der Waals surface area contributed by atoms with Gasteiger partial charge in [0.2, 0.25) is 0 Å². The number of carbonyl (C=O) groups excluding carboxylic acids is 1. The van der Waals surface area contributed by atoms with E-state index in [-0.39, 0.29) is 42.6 Å². The number of benzene rings is 1. The number of aryl methyl sites for hydroxylation is 3. The predicted octanol–water partition coefficient (Wildman–Crippen LogP) is 3.24. The molecule has 0 unspecified atom stereocenters. The molecule has 4 rings (SSSR count). The molecule has 1 amide bonds. The van der Waals surface area contributed by atoms with Crippen LogP contribution in [0.25, 0.3) is 11.0 Å². The highest BCUT2D eigenvalue weighted by Gasteiger charge is 2.36. The Morgan fingerprint density at radius 3 is 2.52 bits per heavy atom. The van der Waals surface area contributed by atoms with Gasteiger partial charge in [0.25, 0.3) is 5.91 Å². The standard InChI is InChI=1S/C21H25N5O.2ClH/c1-13-9-17(19-14(2)24-25(3)20(19)23-13)21(27)26-11-16(10-22)18(12-26)15-7-5-4-6-8-15;;/h4-9,16,18H,10-12,22H2,1-3H3;2*1H/t16-,18+;;/m1../s1. The van der Waals surface area contributed by atoms with E-state index in [1.54, 1.807) is 4.68 Å². The van der Waals surface area contributed by atoms with Crippen LogP contribution in [0.15, 0.2) is 36.4 Å². The lowest BCUT2D eigenvalue weighted by atomic mass is 9.89. The van der Waals surface area contributed by atoms with Gasteiger partial charge >= 0.3 is 0 Å². The van der Waals surface area contributed by atoms with Crippen molar-refractivity contribution in [3.63, 3.8) is 0 Å². The minimum atomic E-state index is 0. The monoisotopic (exact) mass is 435 g/mol. The summed E-state index contributed by atoms with van der Waals surface area (Å²) in [5.74, 6) is 0.580. The molecule has 3 heterocycles. The van der Waals surface area contributed by atoms with Gasteiger partial charge in [-0.15, -0.1) is 24.8 Å². The average molecular weight is 436 g/mol. The zero-order chi connectivity index (χ0) is 19.1. The Morgan fingerprint density at radius 2 is 1.86 bits per heavy atom. The van der Waals surface area contributed by atoms with E-state index in [4.69, 9.17) is 5.73 Å². The highest BCUT2D eigenvalue weighted by atomic mass is 35.5. The molecule has 1 aliphatic rings. The number of hydrogen-bond acceptors (Lipinski definition) is 4. The maximum absolute atomic E-state index is 13.4. The van der Waals surface area contributed by atoms with Gasteiger partial charge in [-0.25, -0.2) is 4.98 Å². The molecule has 156 valence electrons. The van der Waals surface area contributed by atoms with Gasteiger partial charge in [-0.05, 0) is 37.9 Å². The van der Waals surface area contributed by atoms with Gasteiger partial charge in [0, 0.05) is 31.7 Å².